The molecule has 36 valence electrons. The van der Waals surface area contributed by atoms with E-state index in [1.165, 1.54) is 0 Å². The van der Waals surface area contributed by atoms with Gasteiger partial charge >= 0.3 is 0 Å². The first-order valence-corrected chi connectivity index (χ1v) is 2.34. The topological polar surface area (TPSA) is 0 Å². The first-order chi connectivity index (χ1) is 2.56. The van der Waals surface area contributed by atoms with Crippen molar-refractivity contribution in [2.24, 2.45) is 0 Å². The van der Waals surface area contributed by atoms with Crippen LogP contribution in [0.4, 0.5) is 0 Å². The predicted molar refractivity (Wildman–Crippen MR) is 29.8 cm³/mol. The minimum Gasteiger partial charge on any atom is -0.102 e. The normalized spacial score (nSPS) is 12.0. The molecule has 0 saturated carbocycles. The summed E-state index contributed by atoms with van der Waals surface area (Å²) in [5.41, 5.74) is 0. The number of halogens is 2. The largest absolute Gasteiger partial charge is 0.118 e. The molecule has 0 spiro atoms. The van der Waals surface area contributed by atoms with Gasteiger partial charge in [-0.15, -0.1) is 23.2 Å². The maximum atomic E-state index is 5.31. The van der Waals surface area contributed by atoms with Crippen LogP contribution in [0.15, 0.2) is 0 Å². The second kappa shape index (κ2) is 2.04. The molecular formula is C4H6Cl2. The standard InChI is InChI=1S/C4H6Cl2/c1-3-4(2,5)6/h1-3H2. The van der Waals surface area contributed by atoms with Gasteiger partial charge in [0.05, 0.1) is 0 Å². The quantitative estimate of drug-likeness (QED) is 0.471. The van der Waals surface area contributed by atoms with Gasteiger partial charge in [-0.1, -0.05) is 6.92 Å². The van der Waals surface area contributed by atoms with Crippen LogP contribution in [0.5, 0.6) is 0 Å². The molecule has 0 amide bonds. The zero-order valence-electron chi connectivity index (χ0n) is 3.38. The molecule has 6 heavy (non-hydrogen) atoms. The zero-order chi connectivity index (χ0) is 5.21. The van der Waals surface area contributed by atoms with Crippen molar-refractivity contribution in [1.82, 2.24) is 0 Å². The Morgan fingerprint density at radius 2 is 1.67 bits per heavy atom. The van der Waals surface area contributed by atoms with E-state index in [2.05, 4.69) is 13.8 Å². The van der Waals surface area contributed by atoms with E-state index >= 15 is 0 Å². The summed E-state index contributed by atoms with van der Waals surface area (Å²) in [5.74, 6) is 0. The molecule has 0 N–H and O–H groups in total. The SMILES string of the molecule is [CH2]CC([CH2])(Cl)Cl. The lowest BCUT2D eigenvalue weighted by molar-refractivity contribution is 0.969. The van der Waals surface area contributed by atoms with Crippen LogP contribution < -0.4 is 0 Å². The summed E-state index contributed by atoms with van der Waals surface area (Å²) >= 11 is 10.6. The van der Waals surface area contributed by atoms with Crippen molar-refractivity contribution in [3.8, 4) is 0 Å². The summed E-state index contributed by atoms with van der Waals surface area (Å²) in [7, 11) is 0. The molecule has 0 aromatic rings. The van der Waals surface area contributed by atoms with Gasteiger partial charge in [0, 0.05) is 0 Å². The fraction of sp³-hybridized carbons (Fsp3) is 0.500. The lowest BCUT2D eigenvalue weighted by Gasteiger charge is -2.05. The van der Waals surface area contributed by atoms with Gasteiger partial charge in [0.2, 0.25) is 0 Å². The van der Waals surface area contributed by atoms with E-state index in [1.807, 2.05) is 0 Å². The molecule has 0 atom stereocenters. The van der Waals surface area contributed by atoms with E-state index in [9.17, 15) is 0 Å². The first-order valence-electron chi connectivity index (χ1n) is 1.59. The van der Waals surface area contributed by atoms with Gasteiger partial charge < -0.3 is 0 Å². The molecule has 0 bridgehead atoms. The molecule has 0 fully saturated rings. The highest BCUT2D eigenvalue weighted by molar-refractivity contribution is 6.49. The van der Waals surface area contributed by atoms with Gasteiger partial charge in [0.15, 0.2) is 0 Å². The van der Waals surface area contributed by atoms with Crippen molar-refractivity contribution >= 4 is 23.2 Å². The highest BCUT2D eigenvalue weighted by Crippen LogP contribution is 2.21. The lowest BCUT2D eigenvalue weighted by Crippen LogP contribution is -2.01. The molecule has 2 radical (unpaired) electrons. The zero-order valence-corrected chi connectivity index (χ0v) is 4.89. The van der Waals surface area contributed by atoms with Crippen LogP contribution in [0.25, 0.3) is 0 Å². The number of rotatable bonds is 1. The van der Waals surface area contributed by atoms with Crippen LogP contribution in [-0.2, 0) is 0 Å². The van der Waals surface area contributed by atoms with Crippen molar-refractivity contribution in [1.29, 1.82) is 0 Å². The first kappa shape index (κ1) is 6.58. The third kappa shape index (κ3) is 4.58. The summed E-state index contributed by atoms with van der Waals surface area (Å²) < 4.78 is -0.875. The average molecular weight is 125 g/mol. The molecule has 0 aliphatic heterocycles. The van der Waals surface area contributed by atoms with Crippen LogP contribution in [-0.4, -0.2) is 4.33 Å². The van der Waals surface area contributed by atoms with Gasteiger partial charge in [-0.2, -0.15) is 0 Å². The lowest BCUT2D eigenvalue weighted by atomic mass is 10.4. The van der Waals surface area contributed by atoms with Crippen molar-refractivity contribution in [3.63, 3.8) is 0 Å². The van der Waals surface area contributed by atoms with Crippen LogP contribution in [0.1, 0.15) is 6.42 Å². The molecule has 0 heterocycles. The van der Waals surface area contributed by atoms with Crippen LogP contribution in [0.3, 0.4) is 0 Å². The Bertz CT molecular complexity index is 35.3. The van der Waals surface area contributed by atoms with Crippen LogP contribution in [0.2, 0.25) is 0 Å². The molecule has 0 nitrogen and oxygen atoms in total. The predicted octanol–water partition coefficient (Wildman–Crippen LogP) is 2.22. The molecule has 2 heteroatoms. The van der Waals surface area contributed by atoms with Gasteiger partial charge in [0.1, 0.15) is 4.33 Å². The summed E-state index contributed by atoms with van der Waals surface area (Å²) in [6.45, 7) is 6.79. The van der Waals surface area contributed by atoms with Crippen molar-refractivity contribution in [2.45, 2.75) is 10.8 Å². The molecule has 0 aromatic carbocycles. The van der Waals surface area contributed by atoms with Crippen molar-refractivity contribution < 1.29 is 0 Å². The summed E-state index contributed by atoms with van der Waals surface area (Å²) in [6, 6.07) is 0. The van der Waals surface area contributed by atoms with Crippen molar-refractivity contribution in [2.75, 3.05) is 0 Å². The van der Waals surface area contributed by atoms with Gasteiger partial charge in [-0.25, -0.2) is 0 Å². The van der Waals surface area contributed by atoms with Gasteiger partial charge in [0.25, 0.3) is 0 Å². The Morgan fingerprint density at radius 3 is 1.67 bits per heavy atom. The van der Waals surface area contributed by atoms with Crippen molar-refractivity contribution in [3.05, 3.63) is 13.8 Å². The number of hydrogen-bond acceptors (Lipinski definition) is 0. The monoisotopic (exact) mass is 124 g/mol. The Balaban J connectivity index is 3.17. The van der Waals surface area contributed by atoms with Crippen LogP contribution in [0, 0.1) is 13.8 Å². The van der Waals surface area contributed by atoms with E-state index in [1.54, 1.807) is 0 Å². The molecule has 0 aromatic heterocycles. The van der Waals surface area contributed by atoms with E-state index in [0.29, 0.717) is 6.42 Å². The summed E-state index contributed by atoms with van der Waals surface area (Å²) in [6.07, 6.45) is 0.441. The maximum absolute atomic E-state index is 5.31. The van der Waals surface area contributed by atoms with Gasteiger partial charge in [-0.05, 0) is 13.3 Å². The molecule has 0 saturated heterocycles. The second-order valence-electron chi connectivity index (χ2n) is 1.11. The van der Waals surface area contributed by atoms with Gasteiger partial charge in [-0.3, -0.25) is 0 Å². The Morgan fingerprint density at radius 1 is 1.50 bits per heavy atom. The Labute approximate surface area is 48.4 Å². The smallest absolute Gasteiger partial charge is 0.102 e. The third-order valence-corrected chi connectivity index (χ3v) is 0.744. The van der Waals surface area contributed by atoms with E-state index in [4.69, 9.17) is 23.2 Å². The number of alkyl halides is 2. The molecular weight excluding hydrogens is 119 g/mol. The molecule has 0 aliphatic rings. The molecule has 0 unspecified atom stereocenters. The van der Waals surface area contributed by atoms with Crippen LogP contribution >= 0.6 is 23.2 Å². The summed E-state index contributed by atoms with van der Waals surface area (Å²) in [4.78, 5) is 0. The van der Waals surface area contributed by atoms with E-state index in [-0.39, 0.29) is 0 Å². The fourth-order valence-corrected chi connectivity index (χ4v) is 0. The maximum Gasteiger partial charge on any atom is 0.118 e. The Hall–Kier alpha value is 0.580. The third-order valence-electron chi connectivity index (χ3n) is 0.366. The highest BCUT2D eigenvalue weighted by atomic mass is 35.5. The second-order valence-corrected chi connectivity index (χ2v) is 2.75. The summed E-state index contributed by atoms with van der Waals surface area (Å²) in [5, 5.41) is 0. The van der Waals surface area contributed by atoms with E-state index in [0.717, 1.165) is 0 Å². The minimum absolute atomic E-state index is 0.441. The Kier molecular flexibility index (Phi) is 2.23. The van der Waals surface area contributed by atoms with E-state index < -0.39 is 4.33 Å². The minimum atomic E-state index is -0.875. The number of hydrogen-bond donors (Lipinski definition) is 0. The fourth-order valence-electron chi connectivity index (χ4n) is 0. The average Bonchev–Trinajstić information content (AvgIpc) is 1.35. The molecule has 0 aliphatic carbocycles. The molecule has 0 rings (SSSR count). The highest BCUT2D eigenvalue weighted by Gasteiger charge is 2.10.